The first kappa shape index (κ1) is 12.1. The first-order chi connectivity index (χ1) is 5.47. The Morgan fingerprint density at radius 1 is 1.25 bits per heavy atom. The van der Waals surface area contributed by atoms with Crippen molar-refractivity contribution in [2.75, 3.05) is 12.5 Å². The van der Waals surface area contributed by atoms with Crippen LogP contribution in [0.5, 0.6) is 0 Å². The van der Waals surface area contributed by atoms with E-state index in [4.69, 9.17) is 0 Å². The summed E-state index contributed by atoms with van der Waals surface area (Å²) in [5.74, 6) is 0. The number of hydrogen-bond donors (Lipinski definition) is 0. The number of thioether (sulfide) groups is 2. The van der Waals surface area contributed by atoms with E-state index in [9.17, 15) is 4.91 Å². The molecule has 0 rings (SSSR count). The van der Waals surface area contributed by atoms with E-state index in [0.717, 1.165) is 0 Å². The van der Waals surface area contributed by atoms with Crippen molar-refractivity contribution in [3.8, 4) is 0 Å². The van der Waals surface area contributed by atoms with Gasteiger partial charge in [0.05, 0.1) is 10.8 Å². The van der Waals surface area contributed by atoms with Gasteiger partial charge in [-0.1, -0.05) is 0 Å². The summed E-state index contributed by atoms with van der Waals surface area (Å²) in [5, 5.41) is 4.63. The van der Waals surface area contributed by atoms with Crippen LogP contribution in [0.25, 0.3) is 0 Å². The number of nitrogens with zero attached hydrogens (tertiary/aromatic N) is 2. The zero-order valence-electron chi connectivity index (χ0n) is 8.20. The molecule has 0 aliphatic heterocycles. The van der Waals surface area contributed by atoms with E-state index in [0.29, 0.717) is 0 Å². The van der Waals surface area contributed by atoms with Gasteiger partial charge in [-0.3, -0.25) is 0 Å². The molecule has 0 spiro atoms. The molecule has 5 heteroatoms. The highest BCUT2D eigenvalue weighted by molar-refractivity contribution is 8.16. The second-order valence-electron chi connectivity index (χ2n) is 3.38. The maximum absolute atomic E-state index is 10.6. The molecule has 0 saturated heterocycles. The highest BCUT2D eigenvalue weighted by Crippen LogP contribution is 2.29. The van der Waals surface area contributed by atoms with Crippen molar-refractivity contribution in [1.82, 2.24) is 5.01 Å². The van der Waals surface area contributed by atoms with E-state index in [1.165, 1.54) is 0 Å². The maximum atomic E-state index is 10.6. The molecule has 0 aromatic carbocycles. The maximum Gasteiger partial charge on any atom is 0.141 e. The van der Waals surface area contributed by atoms with Crippen LogP contribution >= 0.6 is 23.5 Å². The fourth-order valence-electron chi connectivity index (χ4n) is 0.773. The van der Waals surface area contributed by atoms with E-state index in [1.807, 2.05) is 33.3 Å². The molecule has 0 aromatic heterocycles. The highest BCUT2D eigenvalue weighted by Gasteiger charge is 2.27. The van der Waals surface area contributed by atoms with Gasteiger partial charge in [0.2, 0.25) is 0 Å². The van der Waals surface area contributed by atoms with Gasteiger partial charge in [-0.2, -0.15) is 0 Å². The molecule has 0 radical (unpaired) electrons. The van der Waals surface area contributed by atoms with Gasteiger partial charge < -0.3 is 0 Å². The first-order valence-electron chi connectivity index (χ1n) is 3.65. The molecule has 0 fully saturated rings. The largest absolute Gasteiger partial charge is 0.233 e. The molecule has 0 amide bonds. The monoisotopic (exact) mass is 208 g/mol. The molecular weight excluding hydrogens is 192 g/mol. The Bertz CT molecular complexity index is 143. The zero-order valence-corrected chi connectivity index (χ0v) is 9.83. The van der Waals surface area contributed by atoms with Gasteiger partial charge in [-0.05, 0) is 33.3 Å². The molecule has 0 aromatic rings. The summed E-state index contributed by atoms with van der Waals surface area (Å²) in [6.45, 7) is 5.94. The third kappa shape index (κ3) is 3.23. The van der Waals surface area contributed by atoms with Crippen LogP contribution in [0.15, 0.2) is 5.29 Å². The van der Waals surface area contributed by atoms with Crippen molar-refractivity contribution in [2.45, 2.75) is 31.0 Å². The fraction of sp³-hybridized carbons (Fsp3) is 1.00. The molecule has 12 heavy (non-hydrogen) atoms. The average molecular weight is 208 g/mol. The second kappa shape index (κ2) is 4.97. The summed E-state index contributed by atoms with van der Waals surface area (Å²) in [4.78, 5) is 10.6. The Morgan fingerprint density at radius 2 is 1.67 bits per heavy atom. The summed E-state index contributed by atoms with van der Waals surface area (Å²) in [7, 11) is 0. The Morgan fingerprint density at radius 3 is 1.75 bits per heavy atom. The third-order valence-corrected chi connectivity index (χ3v) is 3.74. The summed E-state index contributed by atoms with van der Waals surface area (Å²) >= 11 is 3.25. The van der Waals surface area contributed by atoms with Crippen molar-refractivity contribution >= 4 is 23.5 Å². The first-order valence-corrected chi connectivity index (χ1v) is 6.23. The molecule has 0 aliphatic rings. The molecule has 0 saturated carbocycles. The van der Waals surface area contributed by atoms with Crippen molar-refractivity contribution < 1.29 is 0 Å². The summed E-state index contributed by atoms with van der Waals surface area (Å²) in [6, 6.07) is 0. The SMILES string of the molecule is CSC(SC)N(N=O)C(C)(C)C. The van der Waals surface area contributed by atoms with Crippen LogP contribution < -0.4 is 0 Å². The van der Waals surface area contributed by atoms with Gasteiger partial charge in [0.25, 0.3) is 0 Å². The lowest BCUT2D eigenvalue weighted by Gasteiger charge is -2.34. The second-order valence-corrected chi connectivity index (χ2v) is 5.51. The topological polar surface area (TPSA) is 32.7 Å². The molecule has 0 aliphatic carbocycles. The summed E-state index contributed by atoms with van der Waals surface area (Å²) in [5.41, 5.74) is -0.196. The Labute approximate surface area is 82.6 Å². The predicted molar refractivity (Wildman–Crippen MR) is 58.2 cm³/mol. The highest BCUT2D eigenvalue weighted by atomic mass is 32.2. The summed E-state index contributed by atoms with van der Waals surface area (Å²) < 4.78 is 0.113. The zero-order chi connectivity index (χ0) is 9.78. The average Bonchev–Trinajstić information content (AvgIpc) is 1.97. The van der Waals surface area contributed by atoms with Gasteiger partial charge in [0.1, 0.15) is 4.71 Å². The van der Waals surface area contributed by atoms with Crippen molar-refractivity contribution in [3.05, 3.63) is 4.91 Å². The third-order valence-electron chi connectivity index (χ3n) is 1.38. The fourth-order valence-corrected chi connectivity index (χ4v) is 2.65. The molecule has 0 atom stereocenters. The van der Waals surface area contributed by atoms with Crippen molar-refractivity contribution in [1.29, 1.82) is 0 Å². The van der Waals surface area contributed by atoms with E-state index in [-0.39, 0.29) is 10.2 Å². The normalized spacial score (nSPS) is 11.8. The van der Waals surface area contributed by atoms with Crippen molar-refractivity contribution in [2.24, 2.45) is 5.29 Å². The minimum atomic E-state index is -0.196. The predicted octanol–water partition coefficient (Wildman–Crippen LogP) is 2.78. The number of nitroso groups, excluding NO2 is 1. The van der Waals surface area contributed by atoms with Crippen LogP contribution in [0.4, 0.5) is 0 Å². The van der Waals surface area contributed by atoms with Gasteiger partial charge >= 0.3 is 0 Å². The minimum Gasteiger partial charge on any atom is -0.233 e. The van der Waals surface area contributed by atoms with E-state index in [1.54, 1.807) is 28.5 Å². The molecule has 72 valence electrons. The lowest BCUT2D eigenvalue weighted by molar-refractivity contribution is 0.158. The molecule has 3 nitrogen and oxygen atoms in total. The van der Waals surface area contributed by atoms with Crippen LogP contribution in [0.3, 0.4) is 0 Å². The van der Waals surface area contributed by atoms with Crippen LogP contribution in [-0.2, 0) is 0 Å². The number of hydrogen-bond acceptors (Lipinski definition) is 4. The van der Waals surface area contributed by atoms with Gasteiger partial charge in [0.15, 0.2) is 0 Å². The van der Waals surface area contributed by atoms with E-state index < -0.39 is 0 Å². The Kier molecular flexibility index (Phi) is 5.01. The Balaban J connectivity index is 4.41. The molecule has 0 N–H and O–H groups in total. The van der Waals surface area contributed by atoms with Crippen LogP contribution in [0, 0.1) is 4.91 Å². The van der Waals surface area contributed by atoms with E-state index in [2.05, 4.69) is 5.29 Å². The lowest BCUT2D eigenvalue weighted by atomic mass is 10.1. The molecule has 0 heterocycles. The lowest BCUT2D eigenvalue weighted by Crippen LogP contribution is -2.41. The minimum absolute atomic E-state index is 0.113. The Hall–Kier alpha value is 0.1000. The smallest absolute Gasteiger partial charge is 0.141 e. The van der Waals surface area contributed by atoms with Gasteiger partial charge in [-0.25, -0.2) is 5.01 Å². The number of rotatable bonds is 4. The van der Waals surface area contributed by atoms with Gasteiger partial charge in [0, 0.05) is 0 Å². The molecule has 0 unspecified atom stereocenters. The van der Waals surface area contributed by atoms with Crippen LogP contribution in [0.1, 0.15) is 20.8 Å². The van der Waals surface area contributed by atoms with Crippen molar-refractivity contribution in [3.63, 3.8) is 0 Å². The standard InChI is InChI=1S/C7H16N2OS2/c1-7(2,3)9(8-10)6(11-4)12-5/h6H,1-5H3. The molecular formula is C7H16N2OS2. The van der Waals surface area contributed by atoms with Crippen LogP contribution in [-0.4, -0.2) is 27.8 Å². The van der Waals surface area contributed by atoms with Gasteiger partial charge in [-0.15, -0.1) is 28.4 Å². The van der Waals surface area contributed by atoms with Crippen LogP contribution in [0.2, 0.25) is 0 Å². The quantitative estimate of drug-likeness (QED) is 0.404. The van der Waals surface area contributed by atoms with E-state index >= 15 is 0 Å². The summed E-state index contributed by atoms with van der Waals surface area (Å²) in [6.07, 6.45) is 3.95. The molecule has 0 bridgehead atoms.